The molecule has 1 N–H and O–H groups in total. The van der Waals surface area contributed by atoms with Gasteiger partial charge in [0, 0.05) is 12.8 Å². The van der Waals surface area contributed by atoms with Crippen LogP contribution in [0.1, 0.15) is 144 Å². The van der Waals surface area contributed by atoms with Crippen LogP contribution in [-0.2, 0) is 19.1 Å². The third kappa shape index (κ3) is 20.8. The molecule has 0 radical (unpaired) electrons. The lowest BCUT2D eigenvalue weighted by Crippen LogP contribution is -2.37. The number of carbonyl (C=O) groups is 2. The van der Waals surface area contributed by atoms with Crippen LogP contribution in [0.25, 0.3) is 0 Å². The molecular formula is C30H58O5. The van der Waals surface area contributed by atoms with E-state index >= 15 is 0 Å². The Morgan fingerprint density at radius 1 is 0.629 bits per heavy atom. The summed E-state index contributed by atoms with van der Waals surface area (Å²) in [5.41, 5.74) is -0.710. The van der Waals surface area contributed by atoms with Crippen molar-refractivity contribution < 1.29 is 24.2 Å². The predicted octanol–water partition coefficient (Wildman–Crippen LogP) is 8.02. The second kappa shape index (κ2) is 22.1. The number of hydrogen-bond acceptors (Lipinski definition) is 5. The van der Waals surface area contributed by atoms with Gasteiger partial charge in [0.1, 0.15) is 13.2 Å². The van der Waals surface area contributed by atoms with Gasteiger partial charge in [-0.25, -0.2) is 0 Å². The van der Waals surface area contributed by atoms with E-state index in [0.717, 1.165) is 50.4 Å². The molecule has 0 aliphatic rings. The number of hydrogen-bond donors (Lipinski definition) is 1. The van der Waals surface area contributed by atoms with Gasteiger partial charge in [0.15, 0.2) is 0 Å². The van der Waals surface area contributed by atoms with Gasteiger partial charge >= 0.3 is 11.9 Å². The molecule has 0 bridgehead atoms. The standard InChI is InChI=1S/C30H58O5/c1-6-30(23-31,24-34-28(32)21-17-13-9-7-11-15-19-26(2)3)25-35-29(33)22-18-14-10-8-12-16-20-27(4)5/h26-27,31H,6-25H2,1-5H3. The molecule has 0 heterocycles. The van der Waals surface area contributed by atoms with Gasteiger partial charge < -0.3 is 14.6 Å². The molecule has 0 aromatic rings. The van der Waals surface area contributed by atoms with Crippen LogP contribution in [-0.4, -0.2) is 36.9 Å². The minimum Gasteiger partial charge on any atom is -0.465 e. The zero-order valence-corrected chi connectivity index (χ0v) is 23.9. The summed E-state index contributed by atoms with van der Waals surface area (Å²) in [5, 5.41) is 9.92. The fraction of sp³-hybridized carbons (Fsp3) is 0.933. The Labute approximate surface area is 217 Å². The average molecular weight is 499 g/mol. The monoisotopic (exact) mass is 498 g/mol. The van der Waals surface area contributed by atoms with Crippen LogP contribution < -0.4 is 0 Å². The number of aliphatic hydroxyl groups is 1. The number of ether oxygens (including phenoxy) is 2. The van der Waals surface area contributed by atoms with Gasteiger partial charge in [-0.2, -0.15) is 0 Å². The van der Waals surface area contributed by atoms with Crippen molar-refractivity contribution in [2.24, 2.45) is 17.3 Å². The Bertz CT molecular complexity index is 469. The van der Waals surface area contributed by atoms with Gasteiger partial charge in [-0.1, -0.05) is 112 Å². The molecule has 208 valence electrons. The highest BCUT2D eigenvalue weighted by molar-refractivity contribution is 5.69. The van der Waals surface area contributed by atoms with Crippen LogP contribution in [0.15, 0.2) is 0 Å². The smallest absolute Gasteiger partial charge is 0.305 e. The summed E-state index contributed by atoms with van der Waals surface area (Å²) < 4.78 is 10.9. The average Bonchev–Trinajstić information content (AvgIpc) is 2.82. The molecule has 0 aromatic heterocycles. The molecule has 0 aliphatic carbocycles. The van der Waals surface area contributed by atoms with Gasteiger partial charge in [0.05, 0.1) is 12.0 Å². The second-order valence-corrected chi connectivity index (χ2v) is 11.4. The van der Waals surface area contributed by atoms with Crippen molar-refractivity contribution in [1.29, 1.82) is 0 Å². The maximum Gasteiger partial charge on any atom is 0.305 e. The third-order valence-electron chi connectivity index (χ3n) is 6.99. The first-order chi connectivity index (χ1) is 16.7. The quantitative estimate of drug-likeness (QED) is 0.108. The second-order valence-electron chi connectivity index (χ2n) is 11.4. The highest BCUT2D eigenvalue weighted by Crippen LogP contribution is 2.23. The normalized spacial score (nSPS) is 11.9. The minimum absolute atomic E-state index is 0.0949. The highest BCUT2D eigenvalue weighted by Gasteiger charge is 2.31. The van der Waals surface area contributed by atoms with Crippen LogP contribution in [0.3, 0.4) is 0 Å². The topological polar surface area (TPSA) is 72.8 Å². The van der Waals surface area contributed by atoms with E-state index in [-0.39, 0.29) is 31.8 Å². The molecule has 5 heteroatoms. The molecule has 5 nitrogen and oxygen atoms in total. The molecule has 0 atom stereocenters. The van der Waals surface area contributed by atoms with E-state index in [2.05, 4.69) is 27.7 Å². The molecule has 35 heavy (non-hydrogen) atoms. The van der Waals surface area contributed by atoms with Gasteiger partial charge in [-0.3, -0.25) is 9.59 Å². The van der Waals surface area contributed by atoms with Crippen LogP contribution in [0.4, 0.5) is 0 Å². The number of carbonyl (C=O) groups excluding carboxylic acids is 2. The number of esters is 2. The van der Waals surface area contributed by atoms with Crippen molar-refractivity contribution in [2.45, 2.75) is 144 Å². The lowest BCUT2D eigenvalue weighted by Gasteiger charge is -2.29. The molecule has 0 spiro atoms. The molecule has 0 rings (SSSR count). The summed E-state index contributed by atoms with van der Waals surface area (Å²) in [5.74, 6) is 1.11. The number of rotatable bonds is 24. The molecule has 0 amide bonds. The van der Waals surface area contributed by atoms with E-state index in [1.54, 1.807) is 0 Å². The Morgan fingerprint density at radius 2 is 0.971 bits per heavy atom. The molecule has 0 aliphatic heterocycles. The van der Waals surface area contributed by atoms with E-state index in [9.17, 15) is 14.7 Å². The predicted molar refractivity (Wildman–Crippen MR) is 145 cm³/mol. The third-order valence-corrected chi connectivity index (χ3v) is 6.99. The summed E-state index contributed by atoms with van der Waals surface area (Å²) in [6, 6.07) is 0. The van der Waals surface area contributed by atoms with Gasteiger partial charge in [0.25, 0.3) is 0 Å². The van der Waals surface area contributed by atoms with Crippen LogP contribution in [0, 0.1) is 17.3 Å². The fourth-order valence-electron chi connectivity index (χ4n) is 4.12. The lowest BCUT2D eigenvalue weighted by atomic mass is 9.88. The van der Waals surface area contributed by atoms with Gasteiger partial charge in [0.2, 0.25) is 0 Å². The summed E-state index contributed by atoms with van der Waals surface area (Å²) in [6.07, 6.45) is 17.7. The molecule has 0 fully saturated rings. The van der Waals surface area contributed by atoms with Crippen molar-refractivity contribution >= 4 is 11.9 Å². The van der Waals surface area contributed by atoms with E-state index in [1.807, 2.05) is 6.92 Å². The lowest BCUT2D eigenvalue weighted by molar-refractivity contribution is -0.156. The number of unbranched alkanes of at least 4 members (excludes halogenated alkanes) is 10. The SMILES string of the molecule is CCC(CO)(COC(=O)CCCCCCCCC(C)C)COC(=O)CCCCCCCCC(C)C. The van der Waals surface area contributed by atoms with E-state index in [4.69, 9.17) is 9.47 Å². The van der Waals surface area contributed by atoms with Crippen LogP contribution in [0.5, 0.6) is 0 Å². The maximum absolute atomic E-state index is 12.2. The van der Waals surface area contributed by atoms with Crippen molar-refractivity contribution in [2.75, 3.05) is 19.8 Å². The Balaban J connectivity index is 3.95. The highest BCUT2D eigenvalue weighted by atomic mass is 16.5. The largest absolute Gasteiger partial charge is 0.465 e. The maximum atomic E-state index is 12.2. The fourth-order valence-corrected chi connectivity index (χ4v) is 4.12. The minimum atomic E-state index is -0.710. The zero-order valence-electron chi connectivity index (χ0n) is 23.9. The summed E-state index contributed by atoms with van der Waals surface area (Å²) >= 11 is 0. The van der Waals surface area contributed by atoms with Gasteiger partial charge in [-0.05, 0) is 31.1 Å². The molecule has 0 saturated heterocycles. The summed E-state index contributed by atoms with van der Waals surface area (Å²) in [4.78, 5) is 24.3. The van der Waals surface area contributed by atoms with Crippen molar-refractivity contribution in [3.63, 3.8) is 0 Å². The van der Waals surface area contributed by atoms with Crippen molar-refractivity contribution in [3.8, 4) is 0 Å². The van der Waals surface area contributed by atoms with E-state index in [0.29, 0.717) is 19.3 Å². The first-order valence-corrected chi connectivity index (χ1v) is 14.7. The first kappa shape index (κ1) is 33.9. The summed E-state index contributed by atoms with van der Waals surface area (Å²) in [6.45, 7) is 11.0. The van der Waals surface area contributed by atoms with Crippen molar-refractivity contribution in [3.05, 3.63) is 0 Å². The Hall–Kier alpha value is -1.10. The van der Waals surface area contributed by atoms with E-state index < -0.39 is 5.41 Å². The van der Waals surface area contributed by atoms with Crippen molar-refractivity contribution in [1.82, 2.24) is 0 Å². The first-order valence-electron chi connectivity index (χ1n) is 14.7. The summed E-state index contributed by atoms with van der Waals surface area (Å²) in [7, 11) is 0. The molecule has 0 aromatic carbocycles. The zero-order chi connectivity index (χ0) is 26.4. The van der Waals surface area contributed by atoms with Crippen LogP contribution >= 0.6 is 0 Å². The van der Waals surface area contributed by atoms with Crippen LogP contribution in [0.2, 0.25) is 0 Å². The van der Waals surface area contributed by atoms with E-state index in [1.165, 1.54) is 51.4 Å². The molecule has 0 saturated carbocycles. The Kier molecular flexibility index (Phi) is 21.4. The molecule has 0 unspecified atom stereocenters. The van der Waals surface area contributed by atoms with Gasteiger partial charge in [-0.15, -0.1) is 0 Å². The number of aliphatic hydroxyl groups excluding tert-OH is 1. The Morgan fingerprint density at radius 3 is 1.29 bits per heavy atom. The molecular weight excluding hydrogens is 440 g/mol.